The molecule has 0 bridgehead atoms. The van der Waals surface area contributed by atoms with Crippen molar-refractivity contribution in [2.24, 2.45) is 17.8 Å². The van der Waals surface area contributed by atoms with E-state index in [1.165, 1.54) is 4.31 Å². The molecule has 21 heavy (non-hydrogen) atoms. The summed E-state index contributed by atoms with van der Waals surface area (Å²) in [6.45, 7) is 5.89. The molecule has 1 heterocycles. The topological polar surface area (TPSA) is 60.9 Å². The maximum Gasteiger partial charge on any atom is 0.281 e. The summed E-state index contributed by atoms with van der Waals surface area (Å²) in [5.41, 5.74) is 0. The van der Waals surface area contributed by atoms with Crippen molar-refractivity contribution < 1.29 is 13.5 Å². The Kier molecular flexibility index (Phi) is 5.68. The van der Waals surface area contributed by atoms with E-state index in [4.69, 9.17) is 0 Å². The molecule has 1 aliphatic heterocycles. The van der Waals surface area contributed by atoms with Gasteiger partial charge >= 0.3 is 0 Å². The van der Waals surface area contributed by atoms with Crippen molar-refractivity contribution in [1.29, 1.82) is 0 Å². The maximum absolute atomic E-state index is 12.7. The molecular weight excluding hydrogens is 288 g/mol. The first kappa shape index (κ1) is 17.2. The largest absolute Gasteiger partial charge is 0.393 e. The first-order valence-electron chi connectivity index (χ1n) is 8.20. The summed E-state index contributed by atoms with van der Waals surface area (Å²) in [6.07, 6.45) is 4.61. The van der Waals surface area contributed by atoms with Gasteiger partial charge in [-0.3, -0.25) is 0 Å². The number of piperidine rings is 1. The third kappa shape index (κ3) is 4.18. The summed E-state index contributed by atoms with van der Waals surface area (Å²) in [5.74, 6) is 0.910. The van der Waals surface area contributed by atoms with Crippen LogP contribution in [-0.4, -0.2) is 54.9 Å². The summed E-state index contributed by atoms with van der Waals surface area (Å²) >= 11 is 0. The molecule has 0 spiro atoms. The molecular formula is C15H30N2O3S. The van der Waals surface area contributed by atoms with Gasteiger partial charge in [-0.2, -0.15) is 17.0 Å². The fourth-order valence-corrected chi connectivity index (χ4v) is 5.48. The van der Waals surface area contributed by atoms with Gasteiger partial charge in [0.25, 0.3) is 10.2 Å². The van der Waals surface area contributed by atoms with Gasteiger partial charge in [-0.1, -0.05) is 26.7 Å². The lowest BCUT2D eigenvalue weighted by atomic mass is 9.86. The molecule has 1 saturated heterocycles. The fourth-order valence-electron chi connectivity index (χ4n) is 3.82. The molecule has 124 valence electrons. The Hall–Kier alpha value is -0.170. The summed E-state index contributed by atoms with van der Waals surface area (Å²) in [4.78, 5) is 0. The van der Waals surface area contributed by atoms with Gasteiger partial charge in [0.15, 0.2) is 0 Å². The lowest BCUT2D eigenvalue weighted by molar-refractivity contribution is 0.0609. The Bertz CT molecular complexity index is 430. The van der Waals surface area contributed by atoms with E-state index in [0.717, 1.165) is 32.1 Å². The number of aliphatic hydroxyl groups is 1. The van der Waals surface area contributed by atoms with Crippen molar-refractivity contribution in [3.05, 3.63) is 0 Å². The van der Waals surface area contributed by atoms with Crippen molar-refractivity contribution in [3.63, 3.8) is 0 Å². The van der Waals surface area contributed by atoms with Gasteiger partial charge in [0, 0.05) is 26.7 Å². The predicted molar refractivity (Wildman–Crippen MR) is 84.0 cm³/mol. The van der Waals surface area contributed by atoms with Crippen LogP contribution in [0.25, 0.3) is 0 Å². The molecule has 4 unspecified atom stereocenters. The number of aliphatic hydroxyl groups excluding tert-OH is 1. The Morgan fingerprint density at radius 3 is 2.29 bits per heavy atom. The minimum absolute atomic E-state index is 0.0816. The molecule has 5 nitrogen and oxygen atoms in total. The summed E-state index contributed by atoms with van der Waals surface area (Å²) < 4.78 is 28.5. The monoisotopic (exact) mass is 318 g/mol. The summed E-state index contributed by atoms with van der Waals surface area (Å²) in [6, 6.07) is 0. The standard InChI is InChI=1S/C15H30N2O3S/c1-12-8-13(2)10-17(9-12)21(19,20)16(3)11-14-6-4-5-7-15(14)18/h12-15,18H,4-11H2,1-3H3. The Balaban J connectivity index is 2.00. The van der Waals surface area contributed by atoms with Gasteiger partial charge in [-0.05, 0) is 37.0 Å². The molecule has 6 heteroatoms. The highest BCUT2D eigenvalue weighted by molar-refractivity contribution is 7.86. The first-order chi connectivity index (χ1) is 9.80. The van der Waals surface area contributed by atoms with E-state index in [2.05, 4.69) is 13.8 Å². The zero-order valence-electron chi connectivity index (χ0n) is 13.5. The van der Waals surface area contributed by atoms with E-state index in [9.17, 15) is 13.5 Å². The van der Waals surface area contributed by atoms with Gasteiger partial charge in [0.05, 0.1) is 6.10 Å². The smallest absolute Gasteiger partial charge is 0.281 e. The van der Waals surface area contributed by atoms with Crippen LogP contribution in [0.3, 0.4) is 0 Å². The average Bonchev–Trinajstić information content (AvgIpc) is 2.40. The van der Waals surface area contributed by atoms with Crippen LogP contribution < -0.4 is 0 Å². The van der Waals surface area contributed by atoms with Crippen molar-refractivity contribution in [2.45, 2.75) is 52.1 Å². The third-order valence-electron chi connectivity index (χ3n) is 4.92. The number of hydrogen-bond acceptors (Lipinski definition) is 3. The van der Waals surface area contributed by atoms with Crippen molar-refractivity contribution in [3.8, 4) is 0 Å². The second-order valence-corrected chi connectivity index (χ2v) is 9.20. The van der Waals surface area contributed by atoms with Crippen LogP contribution in [0, 0.1) is 17.8 Å². The van der Waals surface area contributed by atoms with Gasteiger partial charge in [0.2, 0.25) is 0 Å². The highest BCUT2D eigenvalue weighted by atomic mass is 32.2. The van der Waals surface area contributed by atoms with Crippen LogP contribution in [-0.2, 0) is 10.2 Å². The zero-order valence-corrected chi connectivity index (χ0v) is 14.3. The highest BCUT2D eigenvalue weighted by Gasteiger charge is 2.35. The number of hydrogen-bond donors (Lipinski definition) is 1. The molecule has 2 fully saturated rings. The lowest BCUT2D eigenvalue weighted by Crippen LogP contribution is -2.50. The normalized spacial score (nSPS) is 36.0. The van der Waals surface area contributed by atoms with Crippen LogP contribution in [0.1, 0.15) is 46.0 Å². The quantitative estimate of drug-likeness (QED) is 0.858. The molecule has 2 aliphatic rings. The second-order valence-electron chi connectivity index (χ2n) is 7.16. The molecule has 2 rings (SSSR count). The van der Waals surface area contributed by atoms with Crippen molar-refractivity contribution >= 4 is 10.2 Å². The number of nitrogens with zero attached hydrogens (tertiary/aromatic N) is 2. The predicted octanol–water partition coefficient (Wildman–Crippen LogP) is 1.69. The van der Waals surface area contributed by atoms with Crippen LogP contribution in [0.4, 0.5) is 0 Å². The van der Waals surface area contributed by atoms with Gasteiger partial charge < -0.3 is 5.11 Å². The van der Waals surface area contributed by atoms with Gasteiger partial charge in [0.1, 0.15) is 0 Å². The Labute approximate surface area is 129 Å². The van der Waals surface area contributed by atoms with Crippen molar-refractivity contribution in [2.75, 3.05) is 26.7 Å². The van der Waals surface area contributed by atoms with Crippen LogP contribution in [0.2, 0.25) is 0 Å². The fraction of sp³-hybridized carbons (Fsp3) is 1.00. The third-order valence-corrected chi connectivity index (χ3v) is 6.80. The molecule has 1 aliphatic carbocycles. The maximum atomic E-state index is 12.7. The SMILES string of the molecule is CC1CC(C)CN(S(=O)(=O)N(C)CC2CCCCC2O)C1. The van der Waals surface area contributed by atoms with Crippen LogP contribution in [0.15, 0.2) is 0 Å². The van der Waals surface area contributed by atoms with Crippen LogP contribution in [0.5, 0.6) is 0 Å². The summed E-state index contributed by atoms with van der Waals surface area (Å²) in [5, 5.41) is 10.0. The highest BCUT2D eigenvalue weighted by Crippen LogP contribution is 2.28. The van der Waals surface area contributed by atoms with Crippen LogP contribution >= 0.6 is 0 Å². The molecule has 0 aromatic carbocycles. The summed E-state index contributed by atoms with van der Waals surface area (Å²) in [7, 11) is -1.74. The van der Waals surface area contributed by atoms with Gasteiger partial charge in [-0.15, -0.1) is 0 Å². The second kappa shape index (κ2) is 6.94. The Morgan fingerprint density at radius 1 is 1.14 bits per heavy atom. The van der Waals surface area contributed by atoms with E-state index < -0.39 is 10.2 Å². The minimum Gasteiger partial charge on any atom is -0.393 e. The molecule has 0 amide bonds. The van der Waals surface area contributed by atoms with E-state index >= 15 is 0 Å². The number of rotatable bonds is 4. The van der Waals surface area contributed by atoms with E-state index in [1.54, 1.807) is 11.4 Å². The molecule has 0 aromatic rings. The molecule has 1 N–H and O–H groups in total. The lowest BCUT2D eigenvalue weighted by Gasteiger charge is -2.38. The van der Waals surface area contributed by atoms with E-state index in [1.807, 2.05) is 0 Å². The minimum atomic E-state index is -3.40. The van der Waals surface area contributed by atoms with E-state index in [-0.39, 0.29) is 12.0 Å². The molecule has 0 radical (unpaired) electrons. The average molecular weight is 318 g/mol. The van der Waals surface area contributed by atoms with Crippen molar-refractivity contribution in [1.82, 2.24) is 8.61 Å². The first-order valence-corrected chi connectivity index (χ1v) is 9.60. The molecule has 0 aromatic heterocycles. The molecule has 1 saturated carbocycles. The molecule has 4 atom stereocenters. The van der Waals surface area contributed by atoms with E-state index in [0.29, 0.717) is 31.5 Å². The Morgan fingerprint density at radius 2 is 1.71 bits per heavy atom. The zero-order chi connectivity index (χ0) is 15.6. The van der Waals surface area contributed by atoms with Gasteiger partial charge in [-0.25, -0.2) is 0 Å².